The Morgan fingerprint density at radius 1 is 1.12 bits per heavy atom. The highest BCUT2D eigenvalue weighted by Gasteiger charge is 2.35. The van der Waals surface area contributed by atoms with E-state index < -0.39 is 5.60 Å². The second-order valence-electron chi connectivity index (χ2n) is 9.50. The van der Waals surface area contributed by atoms with Crippen molar-refractivity contribution in [2.45, 2.75) is 59.0 Å². The summed E-state index contributed by atoms with van der Waals surface area (Å²) in [6.07, 6.45) is 1.58. The zero-order valence-electron chi connectivity index (χ0n) is 20.3. The van der Waals surface area contributed by atoms with Crippen molar-refractivity contribution < 1.29 is 19.4 Å². The number of aromatic hydroxyl groups is 1. The van der Waals surface area contributed by atoms with Crippen molar-refractivity contribution in [1.82, 2.24) is 5.32 Å². The molecular formula is C28H33NO4. The van der Waals surface area contributed by atoms with Gasteiger partial charge in [0, 0.05) is 5.56 Å². The largest absolute Gasteiger partial charge is 0.507 e. The maximum absolute atomic E-state index is 13.0. The molecule has 3 aromatic rings. The van der Waals surface area contributed by atoms with Crippen LogP contribution in [0.5, 0.6) is 17.2 Å². The molecule has 1 aliphatic rings. The first-order valence-corrected chi connectivity index (χ1v) is 11.5. The van der Waals surface area contributed by atoms with Gasteiger partial charge in [0.05, 0.1) is 19.6 Å². The Morgan fingerprint density at radius 3 is 2.55 bits per heavy atom. The monoisotopic (exact) mass is 447 g/mol. The number of nitrogens with one attached hydrogen (secondary N) is 1. The summed E-state index contributed by atoms with van der Waals surface area (Å²) in [5.41, 5.74) is 4.25. The quantitative estimate of drug-likeness (QED) is 0.543. The van der Waals surface area contributed by atoms with Gasteiger partial charge in [0.2, 0.25) is 5.91 Å². The van der Waals surface area contributed by atoms with Crippen LogP contribution in [0.15, 0.2) is 36.4 Å². The zero-order chi connectivity index (χ0) is 23.9. The first kappa shape index (κ1) is 23.0. The van der Waals surface area contributed by atoms with E-state index in [1.165, 1.54) is 0 Å². The fraction of sp³-hybridized carbons (Fsp3) is 0.393. The molecule has 1 heterocycles. The Kier molecular flexibility index (Phi) is 6.00. The number of benzene rings is 3. The van der Waals surface area contributed by atoms with Gasteiger partial charge in [-0.05, 0) is 92.6 Å². The number of carbonyl (C=O) groups is 1. The predicted octanol–water partition coefficient (Wildman–Crippen LogP) is 5.48. The average molecular weight is 448 g/mol. The molecule has 1 amide bonds. The van der Waals surface area contributed by atoms with Crippen molar-refractivity contribution in [3.8, 4) is 17.2 Å². The van der Waals surface area contributed by atoms with E-state index in [4.69, 9.17) is 9.47 Å². The van der Waals surface area contributed by atoms with Crippen LogP contribution in [0.4, 0.5) is 0 Å². The minimum atomic E-state index is -0.497. The van der Waals surface area contributed by atoms with Crippen LogP contribution in [0, 0.1) is 20.8 Å². The number of rotatable bonds is 5. The molecule has 1 aliphatic heterocycles. The molecule has 2 atom stereocenters. The summed E-state index contributed by atoms with van der Waals surface area (Å²) in [5, 5.41) is 15.7. The van der Waals surface area contributed by atoms with Crippen molar-refractivity contribution in [2.24, 2.45) is 0 Å². The third kappa shape index (κ3) is 4.24. The molecule has 0 bridgehead atoms. The second kappa shape index (κ2) is 8.62. The van der Waals surface area contributed by atoms with E-state index in [1.807, 2.05) is 65.0 Å². The first-order chi connectivity index (χ1) is 15.6. The summed E-state index contributed by atoms with van der Waals surface area (Å²) in [7, 11) is 1.66. The molecule has 0 unspecified atom stereocenters. The van der Waals surface area contributed by atoms with Gasteiger partial charge in [0.15, 0.2) is 0 Å². The molecule has 4 rings (SSSR count). The van der Waals surface area contributed by atoms with Gasteiger partial charge in [0.25, 0.3) is 0 Å². The lowest BCUT2D eigenvalue weighted by molar-refractivity contribution is -0.123. The van der Waals surface area contributed by atoms with E-state index >= 15 is 0 Å². The molecule has 0 fully saturated rings. The van der Waals surface area contributed by atoms with Crippen molar-refractivity contribution in [1.29, 1.82) is 0 Å². The number of ether oxygens (including phenoxy) is 2. The summed E-state index contributed by atoms with van der Waals surface area (Å²) in [5.74, 6) is 1.73. The lowest BCUT2D eigenvalue weighted by Gasteiger charge is -2.38. The van der Waals surface area contributed by atoms with Crippen molar-refractivity contribution in [3.05, 3.63) is 64.2 Å². The summed E-state index contributed by atoms with van der Waals surface area (Å²) >= 11 is 0. The molecule has 174 valence electrons. The topological polar surface area (TPSA) is 67.8 Å². The van der Waals surface area contributed by atoms with E-state index in [0.29, 0.717) is 12.3 Å². The summed E-state index contributed by atoms with van der Waals surface area (Å²) in [6, 6.07) is 12.0. The van der Waals surface area contributed by atoms with E-state index in [2.05, 4.69) is 11.4 Å². The lowest BCUT2D eigenvalue weighted by atomic mass is 9.87. The number of hydrogen-bond donors (Lipinski definition) is 2. The molecule has 5 heteroatoms. The zero-order valence-corrected chi connectivity index (χ0v) is 20.3. The minimum absolute atomic E-state index is 0.0201. The van der Waals surface area contributed by atoms with Crippen LogP contribution in [0.25, 0.3) is 10.8 Å². The standard InChI is InChI=1S/C28H33NO4/c1-16-17(2)26-24(19(4)25(16)30)11-12-28(5,33-26)15-29-27(31)18(3)20-7-8-22-14-23(32-6)10-9-21(22)13-20/h7-10,13-14,18,30H,11-12,15H2,1-6H3,(H,29,31)/t18-,28+/m0/s1. The fourth-order valence-electron chi connectivity index (χ4n) is 4.64. The summed E-state index contributed by atoms with van der Waals surface area (Å²) in [4.78, 5) is 13.0. The molecule has 0 saturated carbocycles. The Bertz CT molecular complexity index is 1230. The van der Waals surface area contributed by atoms with Gasteiger partial charge in [-0.1, -0.05) is 24.3 Å². The minimum Gasteiger partial charge on any atom is -0.507 e. The Balaban J connectivity index is 1.47. The molecule has 3 aromatic carbocycles. The number of amides is 1. The number of fused-ring (bicyclic) bond motifs is 2. The molecule has 0 aliphatic carbocycles. The van der Waals surface area contributed by atoms with Crippen LogP contribution in [0.1, 0.15) is 54.0 Å². The highest BCUT2D eigenvalue weighted by atomic mass is 16.5. The van der Waals surface area contributed by atoms with Crippen LogP contribution in [-0.2, 0) is 11.2 Å². The van der Waals surface area contributed by atoms with E-state index in [1.54, 1.807) is 7.11 Å². The third-order valence-electron chi connectivity index (χ3n) is 7.19. The number of hydrogen-bond acceptors (Lipinski definition) is 4. The van der Waals surface area contributed by atoms with Gasteiger partial charge in [0.1, 0.15) is 22.8 Å². The van der Waals surface area contributed by atoms with Crippen LogP contribution >= 0.6 is 0 Å². The normalized spacial score (nSPS) is 18.4. The Labute approximate surface area is 195 Å². The van der Waals surface area contributed by atoms with E-state index in [-0.39, 0.29) is 11.8 Å². The SMILES string of the molecule is COc1ccc2cc([C@H](C)C(=O)NC[C@@]3(C)CCc4c(C)c(O)c(C)c(C)c4O3)ccc2c1. The summed E-state index contributed by atoms with van der Waals surface area (Å²) < 4.78 is 11.7. The smallest absolute Gasteiger partial charge is 0.227 e. The van der Waals surface area contributed by atoms with Crippen molar-refractivity contribution >= 4 is 16.7 Å². The van der Waals surface area contributed by atoms with Gasteiger partial charge in [-0.15, -0.1) is 0 Å². The average Bonchev–Trinajstić information content (AvgIpc) is 2.83. The highest BCUT2D eigenvalue weighted by Crippen LogP contribution is 2.43. The Morgan fingerprint density at radius 2 is 1.82 bits per heavy atom. The number of carbonyl (C=O) groups excluding carboxylic acids is 1. The molecule has 33 heavy (non-hydrogen) atoms. The van der Waals surface area contributed by atoms with Crippen LogP contribution in [0.2, 0.25) is 0 Å². The number of phenols is 1. The fourth-order valence-corrected chi connectivity index (χ4v) is 4.64. The van der Waals surface area contributed by atoms with E-state index in [9.17, 15) is 9.90 Å². The van der Waals surface area contributed by atoms with Gasteiger partial charge in [-0.2, -0.15) is 0 Å². The predicted molar refractivity (Wildman–Crippen MR) is 132 cm³/mol. The van der Waals surface area contributed by atoms with Crippen LogP contribution in [0.3, 0.4) is 0 Å². The lowest BCUT2D eigenvalue weighted by Crippen LogP contribution is -2.48. The number of methoxy groups -OCH3 is 1. The molecule has 2 N–H and O–H groups in total. The van der Waals surface area contributed by atoms with E-state index in [0.717, 1.165) is 62.9 Å². The van der Waals surface area contributed by atoms with Gasteiger partial charge >= 0.3 is 0 Å². The maximum atomic E-state index is 13.0. The molecular weight excluding hydrogens is 414 g/mol. The van der Waals surface area contributed by atoms with Gasteiger partial charge in [-0.25, -0.2) is 0 Å². The first-order valence-electron chi connectivity index (χ1n) is 11.5. The van der Waals surface area contributed by atoms with Crippen LogP contribution in [-0.4, -0.2) is 30.3 Å². The highest BCUT2D eigenvalue weighted by molar-refractivity contribution is 5.88. The van der Waals surface area contributed by atoms with Crippen LogP contribution < -0.4 is 14.8 Å². The second-order valence-corrected chi connectivity index (χ2v) is 9.50. The van der Waals surface area contributed by atoms with Crippen molar-refractivity contribution in [3.63, 3.8) is 0 Å². The number of phenolic OH excluding ortho intramolecular Hbond substituents is 1. The maximum Gasteiger partial charge on any atom is 0.227 e. The summed E-state index contributed by atoms with van der Waals surface area (Å²) in [6.45, 7) is 10.2. The molecule has 0 radical (unpaired) electrons. The van der Waals surface area contributed by atoms with Gasteiger partial charge in [-0.3, -0.25) is 4.79 Å². The molecule has 0 saturated heterocycles. The molecule has 0 spiro atoms. The third-order valence-corrected chi connectivity index (χ3v) is 7.19. The Hall–Kier alpha value is -3.21. The van der Waals surface area contributed by atoms with Gasteiger partial charge < -0.3 is 19.9 Å². The van der Waals surface area contributed by atoms with Crippen molar-refractivity contribution in [2.75, 3.05) is 13.7 Å². The molecule has 0 aromatic heterocycles. The molecule has 5 nitrogen and oxygen atoms in total.